The maximum Gasteiger partial charge on any atom is 0.332 e. The topological polar surface area (TPSA) is 106 Å². The van der Waals surface area contributed by atoms with Gasteiger partial charge in [-0.1, -0.05) is 29.8 Å². The fourth-order valence-electron chi connectivity index (χ4n) is 2.90. The number of fused-ring (bicyclic) bond motifs is 1. The van der Waals surface area contributed by atoms with Gasteiger partial charge in [-0.2, -0.15) is 10.1 Å². The molecule has 2 N–H and O–H groups in total. The molecule has 3 aromatic rings. The fourth-order valence-corrected chi connectivity index (χ4v) is 2.97. The Bertz CT molecular complexity index is 1260. The summed E-state index contributed by atoms with van der Waals surface area (Å²) < 4.78 is 3.93. The van der Waals surface area contributed by atoms with Crippen LogP contribution < -0.4 is 16.7 Å². The molecule has 0 amide bonds. The van der Waals surface area contributed by atoms with Gasteiger partial charge in [0.1, 0.15) is 5.75 Å². The van der Waals surface area contributed by atoms with Gasteiger partial charge >= 0.3 is 5.69 Å². The van der Waals surface area contributed by atoms with E-state index >= 15 is 0 Å². The van der Waals surface area contributed by atoms with Gasteiger partial charge in [-0.3, -0.25) is 18.5 Å². The molecule has 0 aliphatic rings. The van der Waals surface area contributed by atoms with Gasteiger partial charge in [0.2, 0.25) is 5.95 Å². The standard InChI is InChI=1S/C19H21ClN6O3/c1-11(20)9-10-26-15-16(24(3)19(29)25(4)17(15)28)21-18(26)23-22-12(2)13-7-5-6-8-14(13)27/h5-9,27H,10H2,1-4H3,(H,21,23). The van der Waals surface area contributed by atoms with Gasteiger partial charge in [0.05, 0.1) is 5.71 Å². The summed E-state index contributed by atoms with van der Waals surface area (Å²) in [6, 6.07) is 6.81. The monoisotopic (exact) mass is 416 g/mol. The first-order chi connectivity index (χ1) is 13.7. The molecule has 29 heavy (non-hydrogen) atoms. The Morgan fingerprint density at radius 1 is 1.24 bits per heavy atom. The number of para-hydroxylation sites is 1. The smallest absolute Gasteiger partial charge is 0.332 e. The average Bonchev–Trinajstić information content (AvgIpc) is 3.06. The molecular formula is C19H21ClN6O3. The SMILES string of the molecule is CC(Cl)=CCn1c(NN=C(C)c2ccccc2O)nc2c1c(=O)n(C)c(=O)n2C. The number of aromatic hydroxyl groups is 1. The van der Waals surface area contributed by atoms with E-state index in [1.165, 1.54) is 11.6 Å². The van der Waals surface area contributed by atoms with Crippen LogP contribution in [-0.4, -0.2) is 29.5 Å². The first-order valence-corrected chi connectivity index (χ1v) is 9.17. The number of allylic oxidation sites excluding steroid dienone is 2. The van der Waals surface area contributed by atoms with Crippen LogP contribution in [0, 0.1) is 0 Å². The Kier molecular flexibility index (Phi) is 5.60. The van der Waals surface area contributed by atoms with E-state index in [9.17, 15) is 14.7 Å². The lowest BCUT2D eigenvalue weighted by Gasteiger charge is -2.08. The van der Waals surface area contributed by atoms with Crippen molar-refractivity contribution in [3.63, 3.8) is 0 Å². The van der Waals surface area contributed by atoms with Crippen LogP contribution in [0.1, 0.15) is 19.4 Å². The molecule has 0 aliphatic carbocycles. The van der Waals surface area contributed by atoms with Crippen molar-refractivity contribution in [2.75, 3.05) is 5.43 Å². The lowest BCUT2D eigenvalue weighted by atomic mass is 10.1. The number of nitrogens with zero attached hydrogens (tertiary/aromatic N) is 5. The molecule has 0 saturated carbocycles. The molecule has 10 heteroatoms. The van der Waals surface area contributed by atoms with Crippen LogP contribution in [0.3, 0.4) is 0 Å². The molecule has 9 nitrogen and oxygen atoms in total. The molecule has 152 valence electrons. The van der Waals surface area contributed by atoms with Gasteiger partial charge in [0, 0.05) is 31.2 Å². The number of aryl methyl sites for hydroxylation is 1. The Balaban J connectivity index is 2.16. The van der Waals surface area contributed by atoms with E-state index in [0.717, 1.165) is 4.57 Å². The van der Waals surface area contributed by atoms with Crippen molar-refractivity contribution in [2.45, 2.75) is 20.4 Å². The number of hydrogen-bond acceptors (Lipinski definition) is 6. The zero-order valence-corrected chi connectivity index (χ0v) is 17.2. The number of hydrogen-bond donors (Lipinski definition) is 2. The highest BCUT2D eigenvalue weighted by Gasteiger charge is 2.18. The number of benzene rings is 1. The first kappa shape index (κ1) is 20.4. The minimum absolute atomic E-state index is 0.0982. The fraction of sp³-hybridized carbons (Fsp3) is 0.263. The summed E-state index contributed by atoms with van der Waals surface area (Å²) >= 11 is 5.96. The van der Waals surface area contributed by atoms with Crippen molar-refractivity contribution in [3.8, 4) is 5.75 Å². The number of imidazole rings is 1. The van der Waals surface area contributed by atoms with E-state index in [1.54, 1.807) is 55.8 Å². The summed E-state index contributed by atoms with van der Waals surface area (Å²) in [7, 11) is 2.96. The van der Waals surface area contributed by atoms with Crippen molar-refractivity contribution >= 4 is 34.4 Å². The van der Waals surface area contributed by atoms with Crippen molar-refractivity contribution < 1.29 is 5.11 Å². The molecule has 0 saturated heterocycles. The van der Waals surface area contributed by atoms with Crippen molar-refractivity contribution in [2.24, 2.45) is 19.2 Å². The van der Waals surface area contributed by atoms with Gasteiger partial charge in [-0.05, 0) is 26.0 Å². The van der Waals surface area contributed by atoms with E-state index in [4.69, 9.17) is 11.6 Å². The first-order valence-electron chi connectivity index (χ1n) is 8.79. The molecule has 2 heterocycles. The number of anilines is 1. The highest BCUT2D eigenvalue weighted by atomic mass is 35.5. The second-order valence-corrected chi connectivity index (χ2v) is 7.14. The summed E-state index contributed by atoms with van der Waals surface area (Å²) in [6.07, 6.45) is 1.72. The molecular weight excluding hydrogens is 396 g/mol. The normalized spacial score (nSPS) is 12.6. The number of phenols is 1. The third-order valence-electron chi connectivity index (χ3n) is 4.52. The number of nitrogens with one attached hydrogen (secondary N) is 1. The van der Waals surface area contributed by atoms with Crippen LogP contribution in [0.15, 0.2) is 50.1 Å². The summed E-state index contributed by atoms with van der Waals surface area (Å²) in [4.78, 5) is 29.4. The van der Waals surface area contributed by atoms with Gasteiger partial charge in [0.25, 0.3) is 5.56 Å². The summed E-state index contributed by atoms with van der Waals surface area (Å²) in [6.45, 7) is 3.71. The van der Waals surface area contributed by atoms with E-state index in [1.807, 2.05) is 0 Å². The third kappa shape index (κ3) is 3.81. The summed E-state index contributed by atoms with van der Waals surface area (Å²) in [5.74, 6) is 0.364. The second kappa shape index (κ2) is 7.96. The number of halogens is 1. The molecule has 0 aliphatic heterocycles. The number of rotatable bonds is 5. The van der Waals surface area contributed by atoms with E-state index in [0.29, 0.717) is 16.3 Å². The summed E-state index contributed by atoms with van der Waals surface area (Å²) in [5.41, 5.74) is 3.46. The zero-order valence-electron chi connectivity index (χ0n) is 16.5. The molecule has 2 aromatic heterocycles. The zero-order chi connectivity index (χ0) is 21.3. The molecule has 0 fully saturated rings. The van der Waals surface area contributed by atoms with Crippen LogP contribution in [0.2, 0.25) is 0 Å². The van der Waals surface area contributed by atoms with Gasteiger partial charge in [-0.25, -0.2) is 10.2 Å². The summed E-state index contributed by atoms with van der Waals surface area (Å²) in [5, 5.41) is 14.8. The van der Waals surface area contributed by atoms with Crippen LogP contribution in [0.25, 0.3) is 11.2 Å². The Labute approximate surface area is 171 Å². The average molecular weight is 417 g/mol. The van der Waals surface area contributed by atoms with E-state index < -0.39 is 11.2 Å². The molecule has 0 radical (unpaired) electrons. The second-order valence-electron chi connectivity index (χ2n) is 6.54. The maximum absolute atomic E-state index is 12.7. The molecule has 1 aromatic carbocycles. The third-order valence-corrected chi connectivity index (χ3v) is 4.67. The number of aromatic nitrogens is 4. The molecule has 0 unspecified atom stereocenters. The van der Waals surface area contributed by atoms with Crippen LogP contribution in [0.5, 0.6) is 5.75 Å². The van der Waals surface area contributed by atoms with Gasteiger partial charge in [0.15, 0.2) is 11.2 Å². The predicted octanol–water partition coefficient (Wildman–Crippen LogP) is 2.12. The highest BCUT2D eigenvalue weighted by molar-refractivity contribution is 6.29. The molecule has 3 rings (SSSR count). The van der Waals surface area contributed by atoms with Crippen LogP contribution in [-0.2, 0) is 20.6 Å². The quantitative estimate of drug-likeness (QED) is 0.489. The Morgan fingerprint density at radius 2 is 1.93 bits per heavy atom. The lowest BCUT2D eigenvalue weighted by molar-refractivity contribution is 0.474. The molecule has 0 atom stereocenters. The van der Waals surface area contributed by atoms with E-state index in [2.05, 4.69) is 15.5 Å². The largest absolute Gasteiger partial charge is 0.507 e. The maximum atomic E-state index is 12.7. The van der Waals surface area contributed by atoms with Crippen LogP contribution >= 0.6 is 11.6 Å². The minimum Gasteiger partial charge on any atom is -0.507 e. The van der Waals surface area contributed by atoms with Crippen LogP contribution in [0.4, 0.5) is 5.95 Å². The predicted molar refractivity (Wildman–Crippen MR) is 114 cm³/mol. The van der Waals surface area contributed by atoms with Gasteiger partial charge < -0.3 is 5.11 Å². The minimum atomic E-state index is -0.475. The van der Waals surface area contributed by atoms with Gasteiger partial charge in [-0.15, -0.1) is 0 Å². The van der Waals surface area contributed by atoms with E-state index in [-0.39, 0.29) is 29.4 Å². The number of phenolic OH excluding ortho intramolecular Hbond substituents is 1. The van der Waals surface area contributed by atoms with Crippen molar-refractivity contribution in [1.29, 1.82) is 0 Å². The molecule has 0 spiro atoms. The number of hydrazone groups is 1. The van der Waals surface area contributed by atoms with Crippen molar-refractivity contribution in [3.05, 3.63) is 61.8 Å². The lowest BCUT2D eigenvalue weighted by Crippen LogP contribution is -2.37. The van der Waals surface area contributed by atoms with Crippen molar-refractivity contribution in [1.82, 2.24) is 18.7 Å². The molecule has 0 bridgehead atoms. The Hall–Kier alpha value is -3.33. The Morgan fingerprint density at radius 3 is 2.59 bits per heavy atom. The highest BCUT2D eigenvalue weighted by Crippen LogP contribution is 2.19.